The first-order chi connectivity index (χ1) is 18.8. The summed E-state index contributed by atoms with van der Waals surface area (Å²) < 4.78 is 11.1. The Morgan fingerprint density at radius 1 is 0.850 bits per heavy atom. The fourth-order valence-electron chi connectivity index (χ4n) is 4.59. The third-order valence-electron chi connectivity index (χ3n) is 6.89. The Hall–Kier alpha value is -4.08. The fraction of sp³-hybridized carbons (Fsp3) is 0.467. The van der Waals surface area contributed by atoms with Gasteiger partial charge in [-0.05, 0) is 43.0 Å². The standard InChI is InChI=1S/C30H40N4O6/c1-30(2,3)40-28(37)33(6)17-16-32(5)27(36)25(18-26(35)31-4)34(7)29(38)39-19-24-22-14-10-8-12-20(22)21-13-9-11-15-23(21)24/h8-15,24-25H,16-19H2,1-7H3,(H,31,35)/t25-/m0/s1. The number of carbonyl (C=O) groups is 4. The highest BCUT2D eigenvalue weighted by Gasteiger charge is 2.34. The largest absolute Gasteiger partial charge is 0.448 e. The topological polar surface area (TPSA) is 108 Å². The van der Waals surface area contributed by atoms with Crippen molar-refractivity contribution in [3.8, 4) is 11.1 Å². The Morgan fingerprint density at radius 2 is 1.38 bits per heavy atom. The van der Waals surface area contributed by atoms with Gasteiger partial charge >= 0.3 is 12.2 Å². The minimum absolute atomic E-state index is 0.0919. The second-order valence-electron chi connectivity index (χ2n) is 11.0. The van der Waals surface area contributed by atoms with Gasteiger partial charge in [0.1, 0.15) is 18.2 Å². The van der Waals surface area contributed by atoms with Crippen LogP contribution in [0.2, 0.25) is 0 Å². The number of likely N-dealkylation sites (N-methyl/N-ethyl adjacent to an activating group) is 3. The Labute approximate surface area is 236 Å². The van der Waals surface area contributed by atoms with Gasteiger partial charge in [-0.25, -0.2) is 9.59 Å². The van der Waals surface area contributed by atoms with Gasteiger partial charge in [0.15, 0.2) is 0 Å². The monoisotopic (exact) mass is 552 g/mol. The van der Waals surface area contributed by atoms with Crippen molar-refractivity contribution in [2.24, 2.45) is 0 Å². The minimum Gasteiger partial charge on any atom is -0.448 e. The first-order valence-corrected chi connectivity index (χ1v) is 13.3. The van der Waals surface area contributed by atoms with Crippen LogP contribution in [0.15, 0.2) is 48.5 Å². The lowest BCUT2D eigenvalue weighted by Gasteiger charge is -2.31. The molecule has 4 amide bonds. The number of amides is 4. The van der Waals surface area contributed by atoms with E-state index in [-0.39, 0.29) is 32.0 Å². The third-order valence-corrected chi connectivity index (χ3v) is 6.89. The van der Waals surface area contributed by atoms with E-state index in [1.807, 2.05) is 36.4 Å². The molecule has 1 atom stereocenters. The molecule has 0 aliphatic heterocycles. The molecule has 1 N–H and O–H groups in total. The van der Waals surface area contributed by atoms with Gasteiger partial charge in [-0.2, -0.15) is 0 Å². The van der Waals surface area contributed by atoms with Crippen molar-refractivity contribution < 1.29 is 28.7 Å². The van der Waals surface area contributed by atoms with E-state index in [9.17, 15) is 19.2 Å². The van der Waals surface area contributed by atoms with Crippen LogP contribution in [0, 0.1) is 0 Å². The highest BCUT2D eigenvalue weighted by Crippen LogP contribution is 2.44. The summed E-state index contributed by atoms with van der Waals surface area (Å²) in [6, 6.07) is 14.9. The lowest BCUT2D eigenvalue weighted by Crippen LogP contribution is -2.51. The average Bonchev–Trinajstić information content (AvgIpc) is 3.24. The summed E-state index contributed by atoms with van der Waals surface area (Å²) in [5.74, 6) is -0.975. The molecule has 0 saturated carbocycles. The summed E-state index contributed by atoms with van der Waals surface area (Å²) in [6.07, 6.45) is -1.45. The van der Waals surface area contributed by atoms with Crippen LogP contribution in [0.25, 0.3) is 11.1 Å². The molecular weight excluding hydrogens is 512 g/mol. The van der Waals surface area contributed by atoms with Gasteiger partial charge < -0.3 is 24.6 Å². The van der Waals surface area contributed by atoms with Crippen LogP contribution in [0.5, 0.6) is 0 Å². The first kappa shape index (κ1) is 30.5. The maximum Gasteiger partial charge on any atom is 0.410 e. The van der Waals surface area contributed by atoms with E-state index in [4.69, 9.17) is 9.47 Å². The van der Waals surface area contributed by atoms with E-state index in [0.717, 1.165) is 22.3 Å². The summed E-state index contributed by atoms with van der Waals surface area (Å²) in [4.78, 5) is 55.1. The minimum atomic E-state index is -1.09. The molecule has 0 saturated heterocycles. The zero-order chi connectivity index (χ0) is 29.6. The predicted molar refractivity (Wildman–Crippen MR) is 152 cm³/mol. The molecule has 0 bridgehead atoms. The number of fused-ring (bicyclic) bond motifs is 3. The summed E-state index contributed by atoms with van der Waals surface area (Å²) in [6.45, 7) is 5.80. The second kappa shape index (κ2) is 12.8. The van der Waals surface area contributed by atoms with Crippen molar-refractivity contribution in [3.05, 3.63) is 59.7 Å². The fourth-order valence-corrected chi connectivity index (χ4v) is 4.59. The Bertz CT molecular complexity index is 1200. The van der Waals surface area contributed by atoms with Gasteiger partial charge in [0.2, 0.25) is 11.8 Å². The van der Waals surface area contributed by atoms with E-state index in [0.29, 0.717) is 0 Å². The third kappa shape index (κ3) is 7.31. The van der Waals surface area contributed by atoms with Crippen LogP contribution in [-0.4, -0.2) is 98.2 Å². The number of carbonyl (C=O) groups excluding carboxylic acids is 4. The molecular formula is C30H40N4O6. The van der Waals surface area contributed by atoms with Crippen molar-refractivity contribution in [3.63, 3.8) is 0 Å². The summed E-state index contributed by atoms with van der Waals surface area (Å²) in [5, 5.41) is 2.51. The van der Waals surface area contributed by atoms with E-state index < -0.39 is 35.6 Å². The van der Waals surface area contributed by atoms with Crippen molar-refractivity contribution in [2.75, 3.05) is 47.9 Å². The number of nitrogens with zero attached hydrogens (tertiary/aromatic N) is 3. The Balaban J connectivity index is 1.67. The van der Waals surface area contributed by atoms with E-state index in [1.54, 1.807) is 34.9 Å². The molecule has 10 heteroatoms. The molecule has 40 heavy (non-hydrogen) atoms. The number of rotatable bonds is 9. The van der Waals surface area contributed by atoms with Gasteiger partial charge in [0.05, 0.1) is 6.42 Å². The SMILES string of the molecule is CNC(=O)C[C@@H](C(=O)N(C)CCN(C)C(=O)OC(C)(C)C)N(C)C(=O)OCC1c2ccccc2-c2ccccc21. The van der Waals surface area contributed by atoms with E-state index >= 15 is 0 Å². The van der Waals surface area contributed by atoms with Crippen LogP contribution < -0.4 is 5.32 Å². The molecule has 0 aromatic heterocycles. The average molecular weight is 553 g/mol. The molecule has 2 aromatic carbocycles. The maximum absolute atomic E-state index is 13.4. The van der Waals surface area contributed by atoms with E-state index in [2.05, 4.69) is 17.4 Å². The van der Waals surface area contributed by atoms with Gasteiger partial charge in [-0.3, -0.25) is 14.5 Å². The normalized spacial score (nSPS) is 13.0. The summed E-state index contributed by atoms with van der Waals surface area (Å²) >= 11 is 0. The van der Waals surface area contributed by atoms with Crippen molar-refractivity contribution in [1.82, 2.24) is 20.0 Å². The maximum atomic E-state index is 13.4. The molecule has 10 nitrogen and oxygen atoms in total. The molecule has 0 radical (unpaired) electrons. The molecule has 0 fully saturated rings. The van der Waals surface area contributed by atoms with Crippen LogP contribution in [0.1, 0.15) is 44.2 Å². The molecule has 0 unspecified atom stereocenters. The Kier molecular flexibility index (Phi) is 9.78. The highest BCUT2D eigenvalue weighted by molar-refractivity contribution is 5.90. The van der Waals surface area contributed by atoms with Crippen molar-refractivity contribution >= 4 is 24.0 Å². The van der Waals surface area contributed by atoms with Crippen molar-refractivity contribution in [1.29, 1.82) is 0 Å². The molecule has 2 aromatic rings. The number of hydrogen-bond acceptors (Lipinski definition) is 6. The zero-order valence-corrected chi connectivity index (χ0v) is 24.4. The number of hydrogen-bond donors (Lipinski definition) is 1. The van der Waals surface area contributed by atoms with Gasteiger partial charge in [0.25, 0.3) is 0 Å². The Morgan fingerprint density at radius 3 is 1.90 bits per heavy atom. The molecule has 0 heterocycles. The molecule has 1 aliphatic rings. The van der Waals surface area contributed by atoms with Gasteiger partial charge in [0, 0.05) is 47.2 Å². The van der Waals surface area contributed by atoms with Crippen molar-refractivity contribution in [2.45, 2.75) is 44.8 Å². The predicted octanol–water partition coefficient (Wildman–Crippen LogP) is 3.70. The lowest BCUT2D eigenvalue weighted by atomic mass is 9.98. The van der Waals surface area contributed by atoms with Crippen LogP contribution in [-0.2, 0) is 19.1 Å². The summed E-state index contributed by atoms with van der Waals surface area (Å²) in [7, 11) is 6.06. The number of ether oxygens (including phenoxy) is 2. The summed E-state index contributed by atoms with van der Waals surface area (Å²) in [5.41, 5.74) is 3.73. The first-order valence-electron chi connectivity index (χ1n) is 13.3. The lowest BCUT2D eigenvalue weighted by molar-refractivity contribution is -0.137. The van der Waals surface area contributed by atoms with Gasteiger partial charge in [-0.1, -0.05) is 48.5 Å². The highest BCUT2D eigenvalue weighted by atomic mass is 16.6. The van der Waals surface area contributed by atoms with Gasteiger partial charge in [-0.15, -0.1) is 0 Å². The van der Waals surface area contributed by atoms with Crippen LogP contribution >= 0.6 is 0 Å². The molecule has 1 aliphatic carbocycles. The quantitative estimate of drug-likeness (QED) is 0.508. The molecule has 216 valence electrons. The smallest absolute Gasteiger partial charge is 0.410 e. The number of benzene rings is 2. The molecule has 3 rings (SSSR count). The van der Waals surface area contributed by atoms with Crippen LogP contribution in [0.3, 0.4) is 0 Å². The zero-order valence-electron chi connectivity index (χ0n) is 24.4. The second-order valence-corrected chi connectivity index (χ2v) is 11.0. The van der Waals surface area contributed by atoms with E-state index in [1.165, 1.54) is 28.8 Å². The van der Waals surface area contributed by atoms with Crippen LogP contribution in [0.4, 0.5) is 9.59 Å². The molecule has 0 spiro atoms. The number of nitrogens with one attached hydrogen (secondary N) is 1.